The first-order valence-electron chi connectivity index (χ1n) is 6.04. The van der Waals surface area contributed by atoms with E-state index in [2.05, 4.69) is 10.6 Å². The van der Waals surface area contributed by atoms with Gasteiger partial charge in [-0.2, -0.15) is 13.2 Å². The number of hydrogen-bond acceptors (Lipinski definition) is 3. The molecule has 0 saturated carbocycles. The maximum absolute atomic E-state index is 11.8. The van der Waals surface area contributed by atoms with E-state index in [4.69, 9.17) is 5.11 Å². The number of rotatable bonds is 8. The van der Waals surface area contributed by atoms with Gasteiger partial charge in [0.1, 0.15) is 0 Å². The summed E-state index contributed by atoms with van der Waals surface area (Å²) in [4.78, 5) is 21.6. The summed E-state index contributed by atoms with van der Waals surface area (Å²) in [5.74, 6) is -1.20. The summed E-state index contributed by atoms with van der Waals surface area (Å²) in [5, 5.41) is 22.7. The smallest absolute Gasteiger partial charge is 0.389 e. The van der Waals surface area contributed by atoms with Gasteiger partial charge >= 0.3 is 18.2 Å². The van der Waals surface area contributed by atoms with Crippen molar-refractivity contribution in [3.63, 3.8) is 0 Å². The molecule has 1 atom stereocenters. The summed E-state index contributed by atoms with van der Waals surface area (Å²) < 4.78 is 35.5. The van der Waals surface area contributed by atoms with Crippen molar-refractivity contribution in [2.45, 2.75) is 44.4 Å². The van der Waals surface area contributed by atoms with Crippen LogP contribution < -0.4 is 10.6 Å². The lowest BCUT2D eigenvalue weighted by Crippen LogP contribution is -2.46. The number of alkyl halides is 3. The van der Waals surface area contributed by atoms with Crippen LogP contribution in [0.2, 0.25) is 0 Å². The molecule has 0 aliphatic carbocycles. The van der Waals surface area contributed by atoms with E-state index in [1.165, 1.54) is 6.92 Å². The Morgan fingerprint density at radius 1 is 1.15 bits per heavy atom. The molecule has 0 radical (unpaired) electrons. The zero-order valence-electron chi connectivity index (χ0n) is 11.1. The number of aliphatic carboxylic acids is 1. The van der Waals surface area contributed by atoms with Gasteiger partial charge in [-0.05, 0) is 19.8 Å². The van der Waals surface area contributed by atoms with Crippen LogP contribution in [0, 0.1) is 0 Å². The summed E-state index contributed by atoms with van der Waals surface area (Å²) in [6, 6.07) is -0.664. The summed E-state index contributed by atoms with van der Waals surface area (Å²) in [5.41, 5.74) is -1.58. The van der Waals surface area contributed by atoms with Crippen molar-refractivity contribution in [2.75, 3.05) is 13.1 Å². The Kier molecular flexibility index (Phi) is 7.33. The summed E-state index contributed by atoms with van der Waals surface area (Å²) >= 11 is 0. The van der Waals surface area contributed by atoms with Gasteiger partial charge in [-0.25, -0.2) is 4.79 Å². The Balaban J connectivity index is 3.72. The molecule has 0 rings (SSSR count). The molecule has 0 aromatic heterocycles. The predicted octanol–water partition coefficient (Wildman–Crippen LogP) is 1.24. The monoisotopic (exact) mass is 300 g/mol. The fourth-order valence-electron chi connectivity index (χ4n) is 1.37. The molecule has 0 aliphatic heterocycles. The Bertz CT molecular complexity index is 332. The number of unbranched alkanes of at least 4 members (excludes halogenated alkanes) is 1. The van der Waals surface area contributed by atoms with Crippen molar-refractivity contribution >= 4 is 12.0 Å². The predicted molar refractivity (Wildman–Crippen MR) is 64.2 cm³/mol. The summed E-state index contributed by atoms with van der Waals surface area (Å²) in [6.45, 7) is 1.06. The minimum atomic E-state index is -4.20. The molecule has 2 amide bonds. The molecular weight excluding hydrogens is 281 g/mol. The quantitative estimate of drug-likeness (QED) is 0.507. The second kappa shape index (κ2) is 7.93. The minimum absolute atomic E-state index is 0.0724. The molecule has 20 heavy (non-hydrogen) atoms. The molecule has 0 heterocycles. The fourth-order valence-corrected chi connectivity index (χ4v) is 1.37. The van der Waals surface area contributed by atoms with E-state index in [-0.39, 0.29) is 25.9 Å². The van der Waals surface area contributed by atoms with Gasteiger partial charge in [0.15, 0.2) is 0 Å². The first-order chi connectivity index (χ1) is 9.02. The number of carboxylic acids is 1. The Hall–Kier alpha value is -1.51. The molecule has 0 aliphatic rings. The maximum atomic E-state index is 11.8. The zero-order valence-corrected chi connectivity index (χ0v) is 11.1. The van der Waals surface area contributed by atoms with Crippen LogP contribution in [-0.4, -0.2) is 47.1 Å². The first kappa shape index (κ1) is 18.5. The number of aliphatic hydroxyl groups is 1. The van der Waals surface area contributed by atoms with Gasteiger partial charge in [0.2, 0.25) is 0 Å². The third kappa shape index (κ3) is 11.6. The number of urea groups is 1. The average molecular weight is 300 g/mol. The zero-order chi connectivity index (χ0) is 15.8. The first-order valence-corrected chi connectivity index (χ1v) is 6.04. The lowest BCUT2D eigenvalue weighted by molar-refractivity contribution is -0.141. The Labute approximate surface area is 114 Å². The van der Waals surface area contributed by atoms with Gasteiger partial charge < -0.3 is 20.8 Å². The molecule has 0 fully saturated rings. The van der Waals surface area contributed by atoms with Gasteiger partial charge in [0.05, 0.1) is 12.0 Å². The molecule has 0 aromatic rings. The molecule has 9 heteroatoms. The van der Waals surface area contributed by atoms with E-state index in [1.54, 1.807) is 0 Å². The van der Waals surface area contributed by atoms with E-state index >= 15 is 0 Å². The lowest BCUT2D eigenvalue weighted by atomic mass is 10.0. The number of hydrogen-bond donors (Lipinski definition) is 4. The van der Waals surface area contributed by atoms with Crippen LogP contribution in [-0.2, 0) is 4.79 Å². The van der Waals surface area contributed by atoms with Gasteiger partial charge in [-0.3, -0.25) is 4.79 Å². The van der Waals surface area contributed by atoms with Crippen molar-refractivity contribution < 1.29 is 33.0 Å². The Morgan fingerprint density at radius 3 is 2.25 bits per heavy atom. The molecular formula is C11H19F3N2O4. The molecule has 118 valence electrons. The van der Waals surface area contributed by atoms with Gasteiger partial charge in [-0.15, -0.1) is 0 Å². The van der Waals surface area contributed by atoms with Crippen molar-refractivity contribution in [3.8, 4) is 0 Å². The van der Waals surface area contributed by atoms with Crippen LogP contribution >= 0.6 is 0 Å². The van der Waals surface area contributed by atoms with Crippen molar-refractivity contribution in [3.05, 3.63) is 0 Å². The second-order valence-electron chi connectivity index (χ2n) is 4.75. The standard InChI is InChI=1S/C11H19F3N2O4/c1-10(20,6-8(17)18)7-16-9(19)15-5-3-2-4-11(12,13)14/h20H,2-7H2,1H3,(H,17,18)(H2,15,16,19). The number of amides is 2. The van der Waals surface area contributed by atoms with E-state index in [0.29, 0.717) is 0 Å². The number of halogens is 3. The van der Waals surface area contributed by atoms with Crippen molar-refractivity contribution in [1.82, 2.24) is 10.6 Å². The molecule has 0 spiro atoms. The van der Waals surface area contributed by atoms with Crippen LogP contribution in [0.5, 0.6) is 0 Å². The van der Waals surface area contributed by atoms with E-state index < -0.39 is 36.6 Å². The third-order valence-corrected chi connectivity index (χ3v) is 2.33. The van der Waals surface area contributed by atoms with Crippen LogP contribution in [0.25, 0.3) is 0 Å². The lowest BCUT2D eigenvalue weighted by Gasteiger charge is -2.21. The fraction of sp³-hybridized carbons (Fsp3) is 0.818. The minimum Gasteiger partial charge on any atom is -0.481 e. The van der Waals surface area contributed by atoms with Crippen LogP contribution in [0.15, 0.2) is 0 Å². The highest BCUT2D eigenvalue weighted by Gasteiger charge is 2.26. The second-order valence-corrected chi connectivity index (χ2v) is 4.75. The number of carbonyl (C=O) groups is 2. The van der Waals surface area contributed by atoms with Crippen LogP contribution in [0.4, 0.5) is 18.0 Å². The SMILES string of the molecule is CC(O)(CNC(=O)NCCCCC(F)(F)F)CC(=O)O. The highest BCUT2D eigenvalue weighted by molar-refractivity contribution is 5.74. The van der Waals surface area contributed by atoms with E-state index in [1.807, 2.05) is 0 Å². The molecule has 6 nitrogen and oxygen atoms in total. The van der Waals surface area contributed by atoms with Crippen LogP contribution in [0.1, 0.15) is 32.6 Å². The summed E-state index contributed by atoms with van der Waals surface area (Å²) in [7, 11) is 0. The Morgan fingerprint density at radius 2 is 1.75 bits per heavy atom. The number of carbonyl (C=O) groups excluding carboxylic acids is 1. The highest BCUT2D eigenvalue weighted by Crippen LogP contribution is 2.21. The molecule has 4 N–H and O–H groups in total. The van der Waals surface area contributed by atoms with Gasteiger partial charge in [-0.1, -0.05) is 0 Å². The topological polar surface area (TPSA) is 98.7 Å². The molecule has 0 bridgehead atoms. The summed E-state index contributed by atoms with van der Waals surface area (Å²) in [6.07, 6.45) is -5.53. The maximum Gasteiger partial charge on any atom is 0.389 e. The van der Waals surface area contributed by atoms with Gasteiger partial charge in [0, 0.05) is 19.5 Å². The van der Waals surface area contributed by atoms with Crippen molar-refractivity contribution in [1.29, 1.82) is 0 Å². The third-order valence-electron chi connectivity index (χ3n) is 2.33. The van der Waals surface area contributed by atoms with Crippen LogP contribution in [0.3, 0.4) is 0 Å². The molecule has 0 aromatic carbocycles. The van der Waals surface area contributed by atoms with Crippen molar-refractivity contribution in [2.24, 2.45) is 0 Å². The number of carboxylic acid groups (broad SMARTS) is 1. The normalized spacial score (nSPS) is 14.4. The van der Waals surface area contributed by atoms with E-state index in [0.717, 1.165) is 0 Å². The molecule has 0 saturated heterocycles. The van der Waals surface area contributed by atoms with E-state index in [9.17, 15) is 27.9 Å². The van der Waals surface area contributed by atoms with Gasteiger partial charge in [0.25, 0.3) is 0 Å². The molecule has 1 unspecified atom stereocenters. The largest absolute Gasteiger partial charge is 0.481 e. The average Bonchev–Trinajstić information content (AvgIpc) is 2.22. The highest BCUT2D eigenvalue weighted by atomic mass is 19.4. The number of nitrogens with one attached hydrogen (secondary N) is 2.